The molecule has 130 valence electrons. The van der Waals surface area contributed by atoms with E-state index in [1.54, 1.807) is 18.2 Å². The van der Waals surface area contributed by atoms with Crippen LogP contribution in [0.1, 0.15) is 20.8 Å². The number of hydrogen-bond donors (Lipinski definition) is 1. The van der Waals surface area contributed by atoms with Gasteiger partial charge in [-0.2, -0.15) is 0 Å². The van der Waals surface area contributed by atoms with Crippen LogP contribution >= 0.6 is 11.8 Å². The summed E-state index contributed by atoms with van der Waals surface area (Å²) in [6, 6.07) is 14.2. The number of hydrogen-bond acceptors (Lipinski definition) is 3. The van der Waals surface area contributed by atoms with Crippen LogP contribution in [0.15, 0.2) is 53.4 Å². The predicted octanol–water partition coefficient (Wildman–Crippen LogP) is 4.66. The summed E-state index contributed by atoms with van der Waals surface area (Å²) in [6.07, 6.45) is 0. The maximum Gasteiger partial charge on any atom is 0.237 e. The number of halogens is 1. The van der Waals surface area contributed by atoms with Gasteiger partial charge in [0, 0.05) is 10.4 Å². The smallest absolute Gasteiger partial charge is 0.237 e. The van der Waals surface area contributed by atoms with E-state index in [-0.39, 0.29) is 23.0 Å². The van der Waals surface area contributed by atoms with Crippen molar-refractivity contribution in [3.63, 3.8) is 0 Å². The number of fused-ring (bicyclic) bond motifs is 1. The zero-order valence-corrected chi connectivity index (χ0v) is 15.2. The lowest BCUT2D eigenvalue weighted by Crippen LogP contribution is -2.26. The number of anilines is 1. The second kappa shape index (κ2) is 6.88. The van der Waals surface area contributed by atoms with Crippen LogP contribution in [-0.2, 0) is 10.3 Å². The summed E-state index contributed by atoms with van der Waals surface area (Å²) < 4.78 is 15.7. The van der Waals surface area contributed by atoms with Crippen LogP contribution in [0.4, 0.5) is 10.3 Å². The minimum Gasteiger partial charge on any atom is -0.305 e. The standard InChI is InChI=1S/C19H20FN3OS/c1-19(2,3)23-15-10-6-5-9-14(15)21-18(23)22-17(24)12-25-16-11-7-4-8-13(16)20/h4-11H,12H2,1-3H3,(H,21,22,24). The Hall–Kier alpha value is -2.34. The first-order valence-corrected chi connectivity index (χ1v) is 9.00. The SMILES string of the molecule is CC(C)(C)n1c(NC(=O)CSc2ccccc2F)nc2ccccc21. The van der Waals surface area contributed by atoms with E-state index in [0.29, 0.717) is 10.8 Å². The number of aromatic nitrogens is 2. The molecule has 6 heteroatoms. The molecule has 1 amide bonds. The molecule has 4 nitrogen and oxygen atoms in total. The molecule has 0 aliphatic heterocycles. The van der Waals surface area contributed by atoms with Crippen LogP contribution in [-0.4, -0.2) is 21.2 Å². The van der Waals surface area contributed by atoms with Gasteiger partial charge in [0.15, 0.2) is 0 Å². The third-order valence-corrected chi connectivity index (χ3v) is 4.73. The summed E-state index contributed by atoms with van der Waals surface area (Å²) in [6.45, 7) is 6.18. The first kappa shape index (κ1) is 17.5. The van der Waals surface area contributed by atoms with Crippen molar-refractivity contribution in [3.8, 4) is 0 Å². The first-order valence-electron chi connectivity index (χ1n) is 8.01. The van der Waals surface area contributed by atoms with Crippen LogP contribution in [0.3, 0.4) is 0 Å². The summed E-state index contributed by atoms with van der Waals surface area (Å²) >= 11 is 1.17. The molecule has 3 aromatic rings. The second-order valence-corrected chi connectivity index (χ2v) is 7.71. The predicted molar refractivity (Wildman–Crippen MR) is 100 cm³/mol. The van der Waals surface area contributed by atoms with Gasteiger partial charge in [0.1, 0.15) is 5.82 Å². The van der Waals surface area contributed by atoms with Gasteiger partial charge in [-0.05, 0) is 45.0 Å². The number of nitrogens with one attached hydrogen (secondary N) is 1. The van der Waals surface area contributed by atoms with E-state index >= 15 is 0 Å². The molecule has 0 radical (unpaired) electrons. The third-order valence-electron chi connectivity index (χ3n) is 3.68. The number of benzene rings is 2. The van der Waals surface area contributed by atoms with Gasteiger partial charge in [-0.25, -0.2) is 9.37 Å². The van der Waals surface area contributed by atoms with Crippen LogP contribution in [0.2, 0.25) is 0 Å². The van der Waals surface area contributed by atoms with E-state index in [4.69, 9.17) is 0 Å². The molecule has 0 fully saturated rings. The van der Waals surface area contributed by atoms with Crippen molar-refractivity contribution in [1.82, 2.24) is 9.55 Å². The highest BCUT2D eigenvalue weighted by atomic mass is 32.2. The molecule has 2 aromatic carbocycles. The Morgan fingerprint density at radius 2 is 1.84 bits per heavy atom. The molecule has 0 atom stereocenters. The first-order chi connectivity index (χ1) is 11.9. The van der Waals surface area contributed by atoms with Crippen LogP contribution in [0.5, 0.6) is 0 Å². The number of carbonyl (C=O) groups is 1. The number of carbonyl (C=O) groups excluding carboxylic acids is 1. The molecule has 0 aliphatic rings. The van der Waals surface area contributed by atoms with Crippen molar-refractivity contribution < 1.29 is 9.18 Å². The van der Waals surface area contributed by atoms with Crippen molar-refractivity contribution in [2.75, 3.05) is 11.1 Å². The lowest BCUT2D eigenvalue weighted by atomic mass is 10.1. The molecule has 1 aromatic heterocycles. The Morgan fingerprint density at radius 1 is 1.16 bits per heavy atom. The highest BCUT2D eigenvalue weighted by molar-refractivity contribution is 8.00. The minimum absolute atomic E-state index is 0.119. The van der Waals surface area contributed by atoms with Crippen LogP contribution in [0, 0.1) is 5.82 Å². The summed E-state index contributed by atoms with van der Waals surface area (Å²) in [4.78, 5) is 17.3. The molecule has 3 rings (SSSR count). The van der Waals surface area contributed by atoms with Crippen LogP contribution < -0.4 is 5.32 Å². The largest absolute Gasteiger partial charge is 0.305 e. The van der Waals surface area contributed by atoms with Crippen LogP contribution in [0.25, 0.3) is 11.0 Å². The van der Waals surface area contributed by atoms with Gasteiger partial charge in [-0.15, -0.1) is 11.8 Å². The van der Waals surface area contributed by atoms with E-state index in [1.807, 2.05) is 28.8 Å². The summed E-state index contributed by atoms with van der Waals surface area (Å²) in [5.74, 6) is 0.0954. The molecule has 0 unspecified atom stereocenters. The monoisotopic (exact) mass is 357 g/mol. The summed E-state index contributed by atoms with van der Waals surface area (Å²) in [7, 11) is 0. The second-order valence-electron chi connectivity index (χ2n) is 6.70. The van der Waals surface area contributed by atoms with Gasteiger partial charge >= 0.3 is 0 Å². The van der Waals surface area contributed by atoms with Gasteiger partial charge in [-0.3, -0.25) is 10.1 Å². The minimum atomic E-state index is -0.317. The average molecular weight is 357 g/mol. The maximum atomic E-state index is 13.7. The van der Waals surface area contributed by atoms with Gasteiger partial charge in [0.25, 0.3) is 0 Å². The number of imidazole rings is 1. The molecular formula is C19H20FN3OS. The Morgan fingerprint density at radius 3 is 2.56 bits per heavy atom. The third kappa shape index (κ3) is 3.85. The fourth-order valence-corrected chi connectivity index (χ4v) is 3.39. The van der Waals surface area contributed by atoms with E-state index < -0.39 is 0 Å². The molecule has 0 saturated carbocycles. The number of nitrogens with zero attached hydrogens (tertiary/aromatic N) is 2. The van der Waals surface area contributed by atoms with Crippen molar-refractivity contribution in [1.29, 1.82) is 0 Å². The molecule has 0 aliphatic carbocycles. The number of amides is 1. The number of rotatable bonds is 4. The molecule has 25 heavy (non-hydrogen) atoms. The fraction of sp³-hybridized carbons (Fsp3) is 0.263. The summed E-state index contributed by atoms with van der Waals surface area (Å²) in [5.41, 5.74) is 1.55. The van der Waals surface area contributed by atoms with Crippen molar-refractivity contribution in [2.45, 2.75) is 31.2 Å². The Bertz CT molecular complexity index is 914. The zero-order valence-electron chi connectivity index (χ0n) is 14.4. The van der Waals surface area contributed by atoms with E-state index in [1.165, 1.54) is 17.8 Å². The van der Waals surface area contributed by atoms with Gasteiger partial charge in [-0.1, -0.05) is 24.3 Å². The van der Waals surface area contributed by atoms with E-state index in [2.05, 4.69) is 31.1 Å². The maximum absolute atomic E-state index is 13.7. The normalized spacial score (nSPS) is 11.7. The molecule has 0 spiro atoms. The van der Waals surface area contributed by atoms with E-state index in [0.717, 1.165) is 11.0 Å². The topological polar surface area (TPSA) is 46.9 Å². The number of para-hydroxylation sites is 2. The molecular weight excluding hydrogens is 337 g/mol. The van der Waals surface area contributed by atoms with Gasteiger partial charge in [0.05, 0.1) is 16.8 Å². The highest BCUT2D eigenvalue weighted by Crippen LogP contribution is 2.28. The van der Waals surface area contributed by atoms with E-state index in [9.17, 15) is 9.18 Å². The zero-order chi connectivity index (χ0) is 18.0. The Kier molecular flexibility index (Phi) is 4.81. The fourth-order valence-electron chi connectivity index (χ4n) is 2.65. The molecule has 0 bridgehead atoms. The lowest BCUT2D eigenvalue weighted by Gasteiger charge is -2.24. The summed E-state index contributed by atoms with van der Waals surface area (Å²) in [5, 5.41) is 2.87. The number of thioether (sulfide) groups is 1. The molecule has 1 heterocycles. The average Bonchev–Trinajstić information content (AvgIpc) is 2.92. The Balaban J connectivity index is 1.80. The van der Waals surface area contributed by atoms with Crippen molar-refractivity contribution in [2.24, 2.45) is 0 Å². The lowest BCUT2D eigenvalue weighted by molar-refractivity contribution is -0.113. The quantitative estimate of drug-likeness (QED) is 0.691. The van der Waals surface area contributed by atoms with Gasteiger partial charge in [0.2, 0.25) is 11.9 Å². The highest BCUT2D eigenvalue weighted by Gasteiger charge is 2.22. The van der Waals surface area contributed by atoms with Crippen molar-refractivity contribution in [3.05, 3.63) is 54.3 Å². The Labute approximate surface area is 150 Å². The van der Waals surface area contributed by atoms with Crippen molar-refractivity contribution >= 4 is 34.7 Å². The molecule has 1 N–H and O–H groups in total. The van der Waals surface area contributed by atoms with Gasteiger partial charge < -0.3 is 4.57 Å². The molecule has 0 saturated heterocycles.